The van der Waals surface area contributed by atoms with Crippen molar-refractivity contribution in [3.8, 4) is 0 Å². The quantitative estimate of drug-likeness (QED) is 0.430. The molecule has 180 valence electrons. The largest absolute Gasteiger partial charge is 0.469 e. The fourth-order valence-corrected chi connectivity index (χ4v) is 4.89. The smallest absolute Gasteiger partial charge is 0.306 e. The number of fused-ring (bicyclic) bond motifs is 1. The number of hydrogen-bond donors (Lipinski definition) is 3. The summed E-state index contributed by atoms with van der Waals surface area (Å²) in [6.07, 6.45) is 2.52. The number of rotatable bonds is 11. The molecule has 3 atom stereocenters. The van der Waals surface area contributed by atoms with E-state index in [0.29, 0.717) is 12.8 Å². The molecular weight excluding hydrogens is 442 g/mol. The monoisotopic (exact) mass is 475 g/mol. The highest BCUT2D eigenvalue weighted by Gasteiger charge is 2.34. The van der Waals surface area contributed by atoms with Crippen molar-refractivity contribution in [3.05, 3.63) is 36.0 Å². The van der Waals surface area contributed by atoms with Crippen LogP contribution in [0.4, 0.5) is 0 Å². The molecule has 0 fully saturated rings. The molecule has 0 bridgehead atoms. The third-order valence-corrected chi connectivity index (χ3v) is 6.53. The second-order valence-electron chi connectivity index (χ2n) is 8.40. The second-order valence-corrected chi connectivity index (χ2v) is 9.82. The number of esters is 1. The van der Waals surface area contributed by atoms with E-state index in [-0.39, 0.29) is 29.3 Å². The van der Waals surface area contributed by atoms with Gasteiger partial charge in [-0.15, -0.1) is 0 Å². The van der Waals surface area contributed by atoms with Gasteiger partial charge in [0.15, 0.2) is 5.12 Å². The molecule has 0 radical (unpaired) electrons. The molecule has 0 aliphatic rings. The molecule has 8 nitrogen and oxygen atoms in total. The van der Waals surface area contributed by atoms with E-state index < -0.39 is 23.2 Å². The zero-order valence-electron chi connectivity index (χ0n) is 19.8. The van der Waals surface area contributed by atoms with Crippen LogP contribution in [0.1, 0.15) is 39.2 Å². The highest BCUT2D eigenvalue weighted by atomic mass is 32.2. The van der Waals surface area contributed by atoms with E-state index in [0.717, 1.165) is 28.2 Å². The van der Waals surface area contributed by atoms with Gasteiger partial charge in [-0.3, -0.25) is 19.2 Å². The van der Waals surface area contributed by atoms with Crippen LogP contribution in [0, 0.1) is 11.8 Å². The van der Waals surface area contributed by atoms with E-state index in [1.165, 1.54) is 21.1 Å². The number of H-pyrrole nitrogens is 1. The Hall–Kier alpha value is -2.81. The minimum absolute atomic E-state index is 0.0708. The highest BCUT2D eigenvalue weighted by Crippen LogP contribution is 2.30. The van der Waals surface area contributed by atoms with Crippen LogP contribution in [0.15, 0.2) is 30.5 Å². The van der Waals surface area contributed by atoms with Crippen LogP contribution >= 0.6 is 11.8 Å². The second kappa shape index (κ2) is 12.4. The van der Waals surface area contributed by atoms with Gasteiger partial charge in [0.1, 0.15) is 6.04 Å². The maximum atomic E-state index is 13.4. The summed E-state index contributed by atoms with van der Waals surface area (Å²) in [6, 6.07) is 6.94. The number of methoxy groups -OCH3 is 1. The summed E-state index contributed by atoms with van der Waals surface area (Å²) in [4.78, 5) is 53.1. The minimum atomic E-state index is -0.808. The van der Waals surface area contributed by atoms with Crippen molar-refractivity contribution in [2.24, 2.45) is 11.8 Å². The Labute approximate surface area is 198 Å². The lowest BCUT2D eigenvalue weighted by molar-refractivity contribution is -0.141. The van der Waals surface area contributed by atoms with E-state index in [1.54, 1.807) is 0 Å². The standard InChI is InChI=1S/C24H33N3O5S/c1-14(2)10-18(21(33-15(3)28)12-22(29)32-5)23(30)27-20(24(31)25-4)11-16-13-26-19-9-7-6-8-17(16)19/h6-9,13-14,18,20-21,26H,10-12H2,1-5H3,(H,25,31)(H,27,30)/t18-,20-,21+/m0/s1. The first-order chi connectivity index (χ1) is 15.7. The van der Waals surface area contributed by atoms with Gasteiger partial charge in [-0.1, -0.05) is 43.8 Å². The van der Waals surface area contributed by atoms with E-state index in [4.69, 9.17) is 4.74 Å². The Balaban J connectivity index is 2.30. The van der Waals surface area contributed by atoms with Crippen molar-refractivity contribution in [2.45, 2.75) is 51.3 Å². The molecule has 0 unspecified atom stereocenters. The number of carbonyl (C=O) groups excluding carboxylic acids is 4. The predicted octanol–water partition coefficient (Wildman–Crippen LogP) is 2.81. The van der Waals surface area contributed by atoms with Gasteiger partial charge in [-0.25, -0.2) is 0 Å². The van der Waals surface area contributed by atoms with Crippen molar-refractivity contribution < 1.29 is 23.9 Å². The first-order valence-corrected chi connectivity index (χ1v) is 11.8. The lowest BCUT2D eigenvalue weighted by Crippen LogP contribution is -2.50. The number of likely N-dealkylation sites (N-methyl/N-ethyl adjacent to an activating group) is 1. The van der Waals surface area contributed by atoms with Crippen LogP contribution < -0.4 is 10.6 Å². The highest BCUT2D eigenvalue weighted by molar-refractivity contribution is 8.14. The lowest BCUT2D eigenvalue weighted by Gasteiger charge is -2.28. The third-order valence-electron chi connectivity index (χ3n) is 5.40. The summed E-state index contributed by atoms with van der Waals surface area (Å²) < 4.78 is 4.78. The summed E-state index contributed by atoms with van der Waals surface area (Å²) in [7, 11) is 2.80. The summed E-state index contributed by atoms with van der Waals surface area (Å²) in [5.74, 6) is -1.67. The van der Waals surface area contributed by atoms with Gasteiger partial charge in [-0.2, -0.15) is 0 Å². The van der Waals surface area contributed by atoms with Gasteiger partial charge in [0.25, 0.3) is 0 Å². The molecule has 1 aromatic carbocycles. The third kappa shape index (κ3) is 7.63. The van der Waals surface area contributed by atoms with E-state index in [2.05, 4.69) is 15.6 Å². The molecule has 33 heavy (non-hydrogen) atoms. The topological polar surface area (TPSA) is 117 Å². The van der Waals surface area contributed by atoms with Gasteiger partial charge in [-0.05, 0) is 24.0 Å². The van der Waals surface area contributed by atoms with Gasteiger partial charge in [0, 0.05) is 42.7 Å². The molecule has 0 aliphatic heterocycles. The molecule has 1 heterocycles. The van der Waals surface area contributed by atoms with Crippen molar-refractivity contribution in [1.82, 2.24) is 15.6 Å². The van der Waals surface area contributed by atoms with Gasteiger partial charge >= 0.3 is 5.97 Å². The molecule has 0 spiro atoms. The molecule has 0 saturated carbocycles. The molecule has 2 amide bonds. The van der Waals surface area contributed by atoms with Crippen molar-refractivity contribution >= 4 is 45.6 Å². The van der Waals surface area contributed by atoms with Crippen LogP contribution in [0.25, 0.3) is 10.9 Å². The fraction of sp³-hybridized carbons (Fsp3) is 0.500. The maximum Gasteiger partial charge on any atom is 0.306 e. The summed E-state index contributed by atoms with van der Waals surface area (Å²) in [6.45, 7) is 5.34. The number of aromatic nitrogens is 1. The number of ether oxygens (including phenoxy) is 1. The van der Waals surface area contributed by atoms with Gasteiger partial charge < -0.3 is 20.4 Å². The van der Waals surface area contributed by atoms with Crippen LogP contribution in [0.5, 0.6) is 0 Å². The van der Waals surface area contributed by atoms with Crippen molar-refractivity contribution in [2.75, 3.05) is 14.2 Å². The average Bonchev–Trinajstić information content (AvgIpc) is 3.18. The molecular formula is C24H33N3O5S. The van der Waals surface area contributed by atoms with Crippen molar-refractivity contribution in [3.63, 3.8) is 0 Å². The molecule has 2 aromatic rings. The number of aromatic amines is 1. The van der Waals surface area contributed by atoms with Gasteiger partial charge in [0.2, 0.25) is 11.8 Å². The Morgan fingerprint density at radius 1 is 1.12 bits per heavy atom. The number of benzene rings is 1. The number of thioether (sulfide) groups is 1. The molecule has 2 rings (SSSR count). The molecule has 0 aliphatic carbocycles. The van der Waals surface area contributed by atoms with Crippen LogP contribution in [-0.2, 0) is 30.3 Å². The van der Waals surface area contributed by atoms with Crippen LogP contribution in [-0.4, -0.2) is 53.3 Å². The summed E-state index contributed by atoms with van der Waals surface area (Å²) in [5, 5.41) is 5.70. The summed E-state index contributed by atoms with van der Waals surface area (Å²) in [5.41, 5.74) is 1.85. The first-order valence-electron chi connectivity index (χ1n) is 11.0. The lowest BCUT2D eigenvalue weighted by atomic mass is 9.91. The number of amides is 2. The van der Waals surface area contributed by atoms with E-state index >= 15 is 0 Å². The Morgan fingerprint density at radius 2 is 1.82 bits per heavy atom. The first kappa shape index (κ1) is 26.4. The van der Waals surface area contributed by atoms with Gasteiger partial charge in [0.05, 0.1) is 19.4 Å². The maximum absolute atomic E-state index is 13.4. The SMILES string of the molecule is CNC(=O)[C@H](Cc1c[nH]c2ccccc12)NC(=O)[C@@H](CC(C)C)[C@@H](CC(=O)OC)SC(C)=O. The Morgan fingerprint density at radius 3 is 2.42 bits per heavy atom. The molecule has 9 heteroatoms. The molecule has 3 N–H and O–H groups in total. The predicted molar refractivity (Wildman–Crippen MR) is 130 cm³/mol. The number of para-hydroxylation sites is 1. The van der Waals surface area contributed by atoms with E-state index in [9.17, 15) is 19.2 Å². The minimum Gasteiger partial charge on any atom is -0.469 e. The average molecular weight is 476 g/mol. The normalized spacial score (nSPS) is 13.9. The zero-order chi connectivity index (χ0) is 24.5. The molecule has 0 saturated heterocycles. The number of hydrogen-bond acceptors (Lipinski definition) is 6. The Kier molecular flexibility index (Phi) is 9.96. The number of nitrogens with one attached hydrogen (secondary N) is 3. The Bertz CT molecular complexity index is 987. The summed E-state index contributed by atoms with van der Waals surface area (Å²) >= 11 is 0.964. The fourth-order valence-electron chi connectivity index (χ4n) is 3.85. The van der Waals surface area contributed by atoms with Crippen LogP contribution in [0.3, 0.4) is 0 Å². The van der Waals surface area contributed by atoms with Crippen LogP contribution in [0.2, 0.25) is 0 Å². The zero-order valence-corrected chi connectivity index (χ0v) is 20.6. The van der Waals surface area contributed by atoms with E-state index in [1.807, 2.05) is 44.3 Å². The van der Waals surface area contributed by atoms with Crippen molar-refractivity contribution in [1.29, 1.82) is 0 Å². The number of carbonyl (C=O) groups is 4. The molecule has 1 aromatic heterocycles.